The molecule has 0 fully saturated rings. The third-order valence-electron chi connectivity index (χ3n) is 3.30. The summed E-state index contributed by atoms with van der Waals surface area (Å²) in [6, 6.07) is 8.15. The SMILES string of the molecule is CC(C)(O)c1ccc(-c2nn3cc(F)cc3c(=O)[nH]2)cc1. The second-order valence-electron chi connectivity index (χ2n) is 5.43. The van der Waals surface area contributed by atoms with E-state index in [0.717, 1.165) is 17.8 Å². The molecule has 6 heteroatoms. The quantitative estimate of drug-likeness (QED) is 0.758. The van der Waals surface area contributed by atoms with Gasteiger partial charge < -0.3 is 10.1 Å². The van der Waals surface area contributed by atoms with Crippen molar-refractivity contribution in [1.29, 1.82) is 0 Å². The lowest BCUT2D eigenvalue weighted by atomic mass is 9.97. The van der Waals surface area contributed by atoms with Crippen LogP contribution in [-0.2, 0) is 5.60 Å². The van der Waals surface area contributed by atoms with E-state index < -0.39 is 17.0 Å². The van der Waals surface area contributed by atoms with Gasteiger partial charge in [0, 0.05) is 11.6 Å². The maximum atomic E-state index is 13.2. The lowest BCUT2D eigenvalue weighted by Gasteiger charge is -2.17. The number of H-pyrrole nitrogens is 1. The minimum absolute atomic E-state index is 0.157. The fourth-order valence-electron chi connectivity index (χ4n) is 2.14. The van der Waals surface area contributed by atoms with Gasteiger partial charge in [0.25, 0.3) is 5.56 Å². The van der Waals surface area contributed by atoms with E-state index in [0.29, 0.717) is 11.4 Å². The monoisotopic (exact) mass is 287 g/mol. The van der Waals surface area contributed by atoms with Crippen molar-refractivity contribution in [2.24, 2.45) is 0 Å². The topological polar surface area (TPSA) is 70.4 Å². The number of fused-ring (bicyclic) bond motifs is 1. The highest BCUT2D eigenvalue weighted by molar-refractivity contribution is 5.57. The van der Waals surface area contributed by atoms with Crippen molar-refractivity contribution in [3.8, 4) is 11.4 Å². The summed E-state index contributed by atoms with van der Waals surface area (Å²) >= 11 is 0. The van der Waals surface area contributed by atoms with E-state index in [1.54, 1.807) is 38.1 Å². The Morgan fingerprint density at radius 1 is 1.29 bits per heavy atom. The van der Waals surface area contributed by atoms with Gasteiger partial charge in [-0.3, -0.25) is 4.79 Å². The molecule has 0 saturated carbocycles. The minimum atomic E-state index is -0.938. The number of nitrogens with one attached hydrogen (secondary N) is 1. The van der Waals surface area contributed by atoms with Gasteiger partial charge >= 0.3 is 0 Å². The molecule has 21 heavy (non-hydrogen) atoms. The molecule has 0 aliphatic heterocycles. The van der Waals surface area contributed by atoms with E-state index in [1.165, 1.54) is 4.52 Å². The summed E-state index contributed by atoms with van der Waals surface area (Å²) in [4.78, 5) is 14.5. The Bertz CT molecular complexity index is 857. The van der Waals surface area contributed by atoms with Gasteiger partial charge in [-0.05, 0) is 19.4 Å². The molecule has 0 bridgehead atoms. The van der Waals surface area contributed by atoms with E-state index in [2.05, 4.69) is 10.1 Å². The van der Waals surface area contributed by atoms with Gasteiger partial charge in [-0.15, -0.1) is 5.10 Å². The first-order valence-electron chi connectivity index (χ1n) is 6.46. The Hall–Kier alpha value is -2.47. The fraction of sp³-hybridized carbons (Fsp3) is 0.200. The van der Waals surface area contributed by atoms with Crippen LogP contribution in [0.1, 0.15) is 19.4 Å². The average Bonchev–Trinajstić information content (AvgIpc) is 2.79. The Kier molecular flexibility index (Phi) is 2.91. The maximum Gasteiger partial charge on any atom is 0.275 e. The molecule has 0 aliphatic carbocycles. The summed E-state index contributed by atoms with van der Waals surface area (Å²) in [6.07, 6.45) is 1.15. The number of halogens is 1. The van der Waals surface area contributed by atoms with Crippen LogP contribution in [0.5, 0.6) is 0 Å². The molecule has 108 valence electrons. The molecule has 2 aromatic heterocycles. The second kappa shape index (κ2) is 4.53. The van der Waals surface area contributed by atoms with E-state index >= 15 is 0 Å². The van der Waals surface area contributed by atoms with Gasteiger partial charge in [-0.2, -0.15) is 0 Å². The first-order chi connectivity index (χ1) is 9.84. The Balaban J connectivity index is 2.10. The summed E-state index contributed by atoms with van der Waals surface area (Å²) in [5.74, 6) is -0.173. The zero-order valence-corrected chi connectivity index (χ0v) is 11.6. The highest BCUT2D eigenvalue weighted by Gasteiger charge is 2.16. The molecule has 0 unspecified atom stereocenters. The van der Waals surface area contributed by atoms with Crippen molar-refractivity contribution in [3.63, 3.8) is 0 Å². The fourth-order valence-corrected chi connectivity index (χ4v) is 2.14. The summed E-state index contributed by atoms with van der Waals surface area (Å²) in [5.41, 5.74) is 0.241. The molecule has 2 heterocycles. The van der Waals surface area contributed by atoms with Crippen molar-refractivity contribution < 1.29 is 9.50 Å². The molecule has 2 N–H and O–H groups in total. The van der Waals surface area contributed by atoms with Crippen molar-refractivity contribution in [2.45, 2.75) is 19.4 Å². The van der Waals surface area contributed by atoms with Crippen LogP contribution in [0.25, 0.3) is 16.9 Å². The summed E-state index contributed by atoms with van der Waals surface area (Å²) in [6.45, 7) is 3.38. The molecular formula is C15H14FN3O2. The second-order valence-corrected chi connectivity index (χ2v) is 5.43. The van der Waals surface area contributed by atoms with Crippen molar-refractivity contribution in [3.05, 3.63) is 58.3 Å². The van der Waals surface area contributed by atoms with Crippen LogP contribution in [0.2, 0.25) is 0 Å². The summed E-state index contributed by atoms with van der Waals surface area (Å²) < 4.78 is 14.4. The molecule has 0 amide bonds. The minimum Gasteiger partial charge on any atom is -0.386 e. The molecule has 0 radical (unpaired) electrons. The van der Waals surface area contributed by atoms with Gasteiger partial charge in [0.15, 0.2) is 5.82 Å². The smallest absolute Gasteiger partial charge is 0.275 e. The third kappa shape index (κ3) is 2.45. The van der Waals surface area contributed by atoms with E-state index in [4.69, 9.17) is 0 Å². The molecule has 0 spiro atoms. The van der Waals surface area contributed by atoms with Gasteiger partial charge in [-0.25, -0.2) is 8.91 Å². The van der Waals surface area contributed by atoms with Crippen LogP contribution in [0, 0.1) is 5.82 Å². The van der Waals surface area contributed by atoms with E-state index in [1.807, 2.05) is 0 Å². The van der Waals surface area contributed by atoms with Crippen LogP contribution >= 0.6 is 0 Å². The molecule has 1 aromatic carbocycles. The zero-order valence-electron chi connectivity index (χ0n) is 11.6. The van der Waals surface area contributed by atoms with Crippen LogP contribution in [0.4, 0.5) is 4.39 Å². The Labute approximate surface area is 119 Å². The van der Waals surface area contributed by atoms with Gasteiger partial charge in [0.2, 0.25) is 0 Å². The highest BCUT2D eigenvalue weighted by atomic mass is 19.1. The molecule has 0 saturated heterocycles. The lowest BCUT2D eigenvalue weighted by Crippen LogP contribution is -2.15. The number of aromatic amines is 1. The number of aliphatic hydroxyl groups is 1. The molecule has 5 nitrogen and oxygen atoms in total. The van der Waals surface area contributed by atoms with Crippen LogP contribution in [0.3, 0.4) is 0 Å². The number of benzene rings is 1. The van der Waals surface area contributed by atoms with Crippen LogP contribution < -0.4 is 5.56 Å². The number of hydrogen-bond donors (Lipinski definition) is 2. The van der Waals surface area contributed by atoms with Gasteiger partial charge in [0.1, 0.15) is 11.3 Å². The van der Waals surface area contributed by atoms with Crippen LogP contribution in [-0.4, -0.2) is 19.7 Å². The predicted molar refractivity (Wildman–Crippen MR) is 76.5 cm³/mol. The molecule has 3 aromatic rings. The first-order valence-corrected chi connectivity index (χ1v) is 6.46. The number of rotatable bonds is 2. The average molecular weight is 287 g/mol. The van der Waals surface area contributed by atoms with Gasteiger partial charge in [-0.1, -0.05) is 24.3 Å². The largest absolute Gasteiger partial charge is 0.386 e. The van der Waals surface area contributed by atoms with E-state index in [-0.39, 0.29) is 5.52 Å². The molecule has 0 aliphatic rings. The van der Waals surface area contributed by atoms with Crippen LogP contribution in [0.15, 0.2) is 41.3 Å². The van der Waals surface area contributed by atoms with E-state index in [9.17, 15) is 14.3 Å². The van der Waals surface area contributed by atoms with Crippen molar-refractivity contribution >= 4 is 5.52 Å². The number of nitrogens with zero attached hydrogens (tertiary/aromatic N) is 2. The number of hydrogen-bond acceptors (Lipinski definition) is 3. The Morgan fingerprint density at radius 3 is 2.57 bits per heavy atom. The van der Waals surface area contributed by atoms with Crippen molar-refractivity contribution in [1.82, 2.24) is 14.6 Å². The lowest BCUT2D eigenvalue weighted by molar-refractivity contribution is 0.0786. The molecule has 0 atom stereocenters. The maximum absolute atomic E-state index is 13.2. The van der Waals surface area contributed by atoms with Crippen molar-refractivity contribution in [2.75, 3.05) is 0 Å². The third-order valence-corrected chi connectivity index (χ3v) is 3.30. The summed E-state index contributed by atoms with van der Waals surface area (Å²) in [5, 5.41) is 14.1. The zero-order chi connectivity index (χ0) is 15.2. The number of aromatic nitrogens is 3. The predicted octanol–water partition coefficient (Wildman–Crippen LogP) is 2.06. The first kappa shape index (κ1) is 13.5. The molecule has 3 rings (SSSR count). The molecular weight excluding hydrogens is 273 g/mol. The highest BCUT2D eigenvalue weighted by Crippen LogP contribution is 2.22. The standard InChI is InChI=1S/C15H14FN3O2/c1-15(2,21)10-5-3-9(4-6-10)13-17-14(20)12-7-11(16)8-19(12)18-13/h3-8,21H,1-2H3,(H,17,18,20). The normalized spacial score (nSPS) is 12.0. The van der Waals surface area contributed by atoms with Gasteiger partial charge in [0.05, 0.1) is 11.8 Å². The Morgan fingerprint density at radius 2 is 1.95 bits per heavy atom. The summed E-state index contributed by atoms with van der Waals surface area (Å²) in [7, 11) is 0.